The maximum atomic E-state index is 12.7. The minimum Gasteiger partial charge on any atom is -0.503 e. The summed E-state index contributed by atoms with van der Waals surface area (Å²) in [6.45, 7) is 1.86. The summed E-state index contributed by atoms with van der Waals surface area (Å²) in [4.78, 5) is 36.7. The molecule has 25 heavy (non-hydrogen) atoms. The number of pyridine rings is 1. The SMILES string of the molecule is CCC(=O)c1cn2ccn(Cc3cccc(Cl)c3)c(=O)c2c(O)c1=O. The lowest BCUT2D eigenvalue weighted by molar-refractivity contribution is 0.0986. The Hall–Kier alpha value is -2.86. The molecule has 1 aromatic carbocycles. The Labute approximate surface area is 147 Å². The standard InChI is InChI=1S/C18H15ClN2O4/c1-2-14(22)13-10-20-6-7-21(9-11-4-3-5-12(19)8-11)18(25)15(20)17(24)16(13)23/h3-8,10,24H,2,9H2,1H3. The lowest BCUT2D eigenvalue weighted by atomic mass is 10.1. The molecule has 0 amide bonds. The fraction of sp³-hybridized carbons (Fsp3) is 0.167. The summed E-state index contributed by atoms with van der Waals surface area (Å²) in [5.41, 5.74) is -0.859. The van der Waals surface area contributed by atoms with E-state index in [9.17, 15) is 19.5 Å². The highest BCUT2D eigenvalue weighted by molar-refractivity contribution is 6.30. The highest BCUT2D eigenvalue weighted by atomic mass is 35.5. The third-order valence-corrected chi connectivity index (χ3v) is 4.18. The molecule has 0 saturated carbocycles. The van der Waals surface area contributed by atoms with Gasteiger partial charge < -0.3 is 14.1 Å². The van der Waals surface area contributed by atoms with Gasteiger partial charge in [-0.2, -0.15) is 0 Å². The van der Waals surface area contributed by atoms with Crippen LogP contribution in [-0.2, 0) is 6.54 Å². The number of aromatic hydroxyl groups is 1. The van der Waals surface area contributed by atoms with Crippen molar-refractivity contribution in [3.8, 4) is 5.75 Å². The summed E-state index contributed by atoms with van der Waals surface area (Å²) in [5.74, 6) is -1.11. The number of hydrogen-bond acceptors (Lipinski definition) is 4. The maximum Gasteiger partial charge on any atom is 0.279 e. The van der Waals surface area contributed by atoms with Crippen molar-refractivity contribution < 1.29 is 9.90 Å². The predicted molar refractivity (Wildman–Crippen MR) is 94.8 cm³/mol. The molecule has 0 atom stereocenters. The van der Waals surface area contributed by atoms with E-state index in [0.717, 1.165) is 5.56 Å². The number of ketones is 1. The van der Waals surface area contributed by atoms with Crippen LogP contribution >= 0.6 is 11.6 Å². The fourth-order valence-electron chi connectivity index (χ4n) is 2.65. The summed E-state index contributed by atoms with van der Waals surface area (Å²) < 4.78 is 2.66. The van der Waals surface area contributed by atoms with E-state index in [4.69, 9.17) is 11.6 Å². The minimum absolute atomic E-state index is 0.132. The molecular formula is C18H15ClN2O4. The molecular weight excluding hydrogens is 344 g/mol. The molecule has 3 aromatic rings. The largest absolute Gasteiger partial charge is 0.503 e. The minimum atomic E-state index is -0.829. The molecule has 0 saturated heterocycles. The normalized spacial score (nSPS) is 11.0. The number of rotatable bonds is 4. The van der Waals surface area contributed by atoms with Crippen LogP contribution in [0.4, 0.5) is 0 Å². The van der Waals surface area contributed by atoms with Crippen molar-refractivity contribution in [1.29, 1.82) is 0 Å². The second kappa shape index (κ2) is 6.57. The van der Waals surface area contributed by atoms with E-state index in [1.54, 1.807) is 25.1 Å². The van der Waals surface area contributed by atoms with E-state index in [2.05, 4.69) is 0 Å². The second-order valence-corrected chi connectivity index (χ2v) is 6.05. The number of nitrogens with zero attached hydrogens (tertiary/aromatic N) is 2. The molecule has 0 aliphatic heterocycles. The van der Waals surface area contributed by atoms with Gasteiger partial charge >= 0.3 is 0 Å². The number of halogens is 1. The molecule has 128 valence electrons. The van der Waals surface area contributed by atoms with Crippen molar-refractivity contribution in [2.75, 3.05) is 0 Å². The molecule has 0 spiro atoms. The summed E-state index contributed by atoms with van der Waals surface area (Å²) in [7, 11) is 0. The molecule has 6 nitrogen and oxygen atoms in total. The summed E-state index contributed by atoms with van der Waals surface area (Å²) in [5, 5.41) is 10.7. The average molecular weight is 359 g/mol. The van der Waals surface area contributed by atoms with E-state index in [0.29, 0.717) is 5.02 Å². The topological polar surface area (TPSA) is 80.8 Å². The number of hydrogen-bond donors (Lipinski definition) is 1. The quantitative estimate of drug-likeness (QED) is 0.726. The van der Waals surface area contributed by atoms with Crippen LogP contribution in [0.3, 0.4) is 0 Å². The van der Waals surface area contributed by atoms with Gasteiger partial charge in [-0.1, -0.05) is 30.7 Å². The van der Waals surface area contributed by atoms with Gasteiger partial charge in [-0.05, 0) is 17.7 Å². The summed E-state index contributed by atoms with van der Waals surface area (Å²) in [6.07, 6.45) is 4.47. The first kappa shape index (κ1) is 17.0. The first-order valence-electron chi connectivity index (χ1n) is 7.67. The van der Waals surface area contributed by atoms with Crippen molar-refractivity contribution in [2.45, 2.75) is 19.9 Å². The smallest absolute Gasteiger partial charge is 0.279 e. The van der Waals surface area contributed by atoms with Crippen LogP contribution in [0.5, 0.6) is 5.75 Å². The van der Waals surface area contributed by atoms with Gasteiger partial charge in [-0.3, -0.25) is 14.4 Å². The third kappa shape index (κ3) is 3.08. The highest BCUT2D eigenvalue weighted by Crippen LogP contribution is 2.14. The molecule has 0 radical (unpaired) electrons. The zero-order valence-corrected chi connectivity index (χ0v) is 14.2. The predicted octanol–water partition coefficient (Wildman–Crippen LogP) is 2.46. The van der Waals surface area contributed by atoms with Crippen molar-refractivity contribution in [1.82, 2.24) is 8.97 Å². The van der Waals surface area contributed by atoms with Crippen molar-refractivity contribution in [3.63, 3.8) is 0 Å². The summed E-state index contributed by atoms with van der Waals surface area (Å²) >= 11 is 5.95. The van der Waals surface area contributed by atoms with Gasteiger partial charge in [0.15, 0.2) is 17.0 Å². The fourth-order valence-corrected chi connectivity index (χ4v) is 2.86. The van der Waals surface area contributed by atoms with Gasteiger partial charge in [0.05, 0.1) is 12.1 Å². The van der Waals surface area contributed by atoms with Gasteiger partial charge in [0.1, 0.15) is 0 Å². The lowest BCUT2D eigenvalue weighted by Crippen LogP contribution is -2.26. The first-order valence-corrected chi connectivity index (χ1v) is 8.05. The van der Waals surface area contributed by atoms with E-state index in [-0.39, 0.29) is 24.0 Å². The number of Topliss-reactive ketones (excluding diaryl/α,β-unsaturated/α-hetero) is 1. The molecule has 0 aliphatic rings. The lowest BCUT2D eigenvalue weighted by Gasteiger charge is -2.10. The van der Waals surface area contributed by atoms with Gasteiger partial charge in [0, 0.05) is 30.0 Å². The molecule has 2 aromatic heterocycles. The molecule has 0 bridgehead atoms. The first-order chi connectivity index (χ1) is 11.9. The highest BCUT2D eigenvalue weighted by Gasteiger charge is 2.18. The zero-order chi connectivity index (χ0) is 18.1. The summed E-state index contributed by atoms with van der Waals surface area (Å²) in [6, 6.07) is 7.05. The zero-order valence-electron chi connectivity index (χ0n) is 13.4. The molecule has 1 N–H and O–H groups in total. The van der Waals surface area contributed by atoms with Crippen LogP contribution in [0.15, 0.2) is 52.4 Å². The van der Waals surface area contributed by atoms with Gasteiger partial charge in [0.25, 0.3) is 5.56 Å². The molecule has 0 fully saturated rings. The Morgan fingerprint density at radius 1 is 1.24 bits per heavy atom. The van der Waals surface area contributed by atoms with E-state index < -0.39 is 22.5 Å². The van der Waals surface area contributed by atoms with Gasteiger partial charge in [-0.25, -0.2) is 0 Å². The van der Waals surface area contributed by atoms with Crippen LogP contribution in [0.25, 0.3) is 5.52 Å². The Balaban J connectivity index is 2.18. The molecule has 7 heteroatoms. The molecule has 2 heterocycles. The van der Waals surface area contributed by atoms with Gasteiger partial charge in [0.2, 0.25) is 5.43 Å². The Morgan fingerprint density at radius 3 is 2.68 bits per heavy atom. The monoisotopic (exact) mass is 358 g/mol. The number of benzene rings is 1. The van der Waals surface area contributed by atoms with Crippen molar-refractivity contribution in [3.05, 3.63) is 79.6 Å². The number of carbonyl (C=O) groups excluding carboxylic acids is 1. The number of aromatic nitrogens is 2. The van der Waals surface area contributed by atoms with E-state index >= 15 is 0 Å². The van der Waals surface area contributed by atoms with Crippen LogP contribution in [0, 0.1) is 0 Å². The number of fused-ring (bicyclic) bond motifs is 1. The van der Waals surface area contributed by atoms with Crippen LogP contribution < -0.4 is 11.0 Å². The Bertz CT molecular complexity index is 1100. The van der Waals surface area contributed by atoms with Crippen LogP contribution in [-0.4, -0.2) is 19.9 Å². The van der Waals surface area contributed by atoms with Crippen LogP contribution in [0.1, 0.15) is 29.3 Å². The maximum absolute atomic E-state index is 12.7. The Kier molecular flexibility index (Phi) is 4.46. The second-order valence-electron chi connectivity index (χ2n) is 5.61. The van der Waals surface area contributed by atoms with E-state index in [1.807, 2.05) is 6.07 Å². The van der Waals surface area contributed by atoms with Gasteiger partial charge in [-0.15, -0.1) is 0 Å². The van der Waals surface area contributed by atoms with E-state index in [1.165, 1.54) is 27.6 Å². The van der Waals surface area contributed by atoms with Crippen molar-refractivity contribution in [2.24, 2.45) is 0 Å². The third-order valence-electron chi connectivity index (χ3n) is 3.94. The molecule has 0 aliphatic carbocycles. The van der Waals surface area contributed by atoms with Crippen LogP contribution in [0.2, 0.25) is 5.02 Å². The number of carbonyl (C=O) groups is 1. The molecule has 0 unspecified atom stereocenters. The molecule has 3 rings (SSSR count). The van der Waals surface area contributed by atoms with Crippen molar-refractivity contribution >= 4 is 22.9 Å². The Morgan fingerprint density at radius 2 is 2.00 bits per heavy atom. The average Bonchev–Trinajstić information content (AvgIpc) is 2.59.